The maximum atomic E-state index is 13.7. The SMILES string of the molecule is CC[C@H](Oc1ccccc1F)C(=O)NCCOc1ccc(S(=O)(=O)N2CCOCC2)cc1. The molecule has 1 atom stereocenters. The molecule has 0 saturated carbocycles. The Morgan fingerprint density at radius 3 is 2.50 bits per heavy atom. The first-order valence-corrected chi connectivity index (χ1v) is 11.9. The van der Waals surface area contributed by atoms with Gasteiger partial charge in [-0.3, -0.25) is 4.79 Å². The Morgan fingerprint density at radius 1 is 1.16 bits per heavy atom. The van der Waals surface area contributed by atoms with Crippen LogP contribution in [-0.2, 0) is 19.6 Å². The van der Waals surface area contributed by atoms with Crippen molar-refractivity contribution in [2.24, 2.45) is 0 Å². The number of ether oxygens (including phenoxy) is 3. The molecule has 1 amide bonds. The van der Waals surface area contributed by atoms with Gasteiger partial charge < -0.3 is 19.5 Å². The van der Waals surface area contributed by atoms with E-state index in [0.29, 0.717) is 38.5 Å². The van der Waals surface area contributed by atoms with Crippen molar-refractivity contribution in [1.82, 2.24) is 9.62 Å². The van der Waals surface area contributed by atoms with Crippen molar-refractivity contribution in [3.63, 3.8) is 0 Å². The first kappa shape index (κ1) is 24.0. The van der Waals surface area contributed by atoms with Gasteiger partial charge >= 0.3 is 0 Å². The van der Waals surface area contributed by atoms with Gasteiger partial charge in [0.2, 0.25) is 10.0 Å². The lowest BCUT2D eigenvalue weighted by atomic mass is 10.2. The van der Waals surface area contributed by atoms with E-state index in [9.17, 15) is 17.6 Å². The molecule has 0 aromatic heterocycles. The van der Waals surface area contributed by atoms with Crippen LogP contribution < -0.4 is 14.8 Å². The highest BCUT2D eigenvalue weighted by atomic mass is 32.2. The van der Waals surface area contributed by atoms with Gasteiger partial charge in [0, 0.05) is 13.1 Å². The van der Waals surface area contributed by atoms with Crippen molar-refractivity contribution in [1.29, 1.82) is 0 Å². The minimum Gasteiger partial charge on any atom is -0.492 e. The Hall–Kier alpha value is -2.69. The summed E-state index contributed by atoms with van der Waals surface area (Å²) in [4.78, 5) is 12.5. The van der Waals surface area contributed by atoms with Crippen LogP contribution in [0.4, 0.5) is 4.39 Å². The highest BCUT2D eigenvalue weighted by molar-refractivity contribution is 7.89. The number of para-hydroxylation sites is 1. The number of amides is 1. The van der Waals surface area contributed by atoms with Crippen LogP contribution in [0, 0.1) is 5.82 Å². The van der Waals surface area contributed by atoms with Crippen LogP contribution in [0.15, 0.2) is 53.4 Å². The van der Waals surface area contributed by atoms with Crippen molar-refractivity contribution in [3.8, 4) is 11.5 Å². The average Bonchev–Trinajstić information content (AvgIpc) is 2.82. The molecule has 10 heteroatoms. The molecule has 1 aliphatic heterocycles. The first-order valence-electron chi connectivity index (χ1n) is 10.4. The summed E-state index contributed by atoms with van der Waals surface area (Å²) in [6, 6.07) is 12.1. The van der Waals surface area contributed by atoms with Crippen LogP contribution in [0.2, 0.25) is 0 Å². The molecule has 1 N–H and O–H groups in total. The summed E-state index contributed by atoms with van der Waals surface area (Å²) in [5.74, 6) is -0.389. The van der Waals surface area contributed by atoms with E-state index in [1.165, 1.54) is 28.6 Å². The Labute approximate surface area is 187 Å². The quantitative estimate of drug-likeness (QED) is 0.540. The third-order valence-electron chi connectivity index (χ3n) is 4.87. The normalized spacial score (nSPS) is 15.7. The fraction of sp³-hybridized carbons (Fsp3) is 0.409. The van der Waals surface area contributed by atoms with Crippen molar-refractivity contribution in [2.75, 3.05) is 39.5 Å². The highest BCUT2D eigenvalue weighted by Crippen LogP contribution is 2.21. The molecule has 1 saturated heterocycles. The largest absolute Gasteiger partial charge is 0.492 e. The van der Waals surface area contributed by atoms with Crippen molar-refractivity contribution < 1.29 is 31.8 Å². The van der Waals surface area contributed by atoms with Gasteiger partial charge in [-0.05, 0) is 42.8 Å². The zero-order valence-electron chi connectivity index (χ0n) is 17.8. The molecule has 174 valence electrons. The number of carbonyl (C=O) groups excluding carboxylic acids is 1. The van der Waals surface area contributed by atoms with Gasteiger partial charge in [0.15, 0.2) is 17.7 Å². The molecule has 0 unspecified atom stereocenters. The van der Waals surface area contributed by atoms with Crippen LogP contribution in [0.25, 0.3) is 0 Å². The molecule has 0 aliphatic carbocycles. The second-order valence-corrected chi connectivity index (χ2v) is 9.01. The summed E-state index contributed by atoms with van der Waals surface area (Å²) < 4.78 is 56.6. The number of sulfonamides is 1. The summed E-state index contributed by atoms with van der Waals surface area (Å²) in [6.45, 7) is 3.60. The van der Waals surface area contributed by atoms with Crippen LogP contribution in [0.3, 0.4) is 0 Å². The first-order chi connectivity index (χ1) is 15.4. The zero-order valence-corrected chi connectivity index (χ0v) is 18.6. The third kappa shape index (κ3) is 6.18. The second kappa shape index (κ2) is 11.3. The molecule has 8 nitrogen and oxygen atoms in total. The number of halogens is 1. The van der Waals surface area contributed by atoms with Crippen molar-refractivity contribution in [2.45, 2.75) is 24.3 Å². The molecule has 3 rings (SSSR count). The maximum absolute atomic E-state index is 13.7. The number of hydrogen-bond acceptors (Lipinski definition) is 6. The zero-order chi connectivity index (χ0) is 23.0. The number of carbonyl (C=O) groups is 1. The number of nitrogens with one attached hydrogen (secondary N) is 1. The van der Waals surface area contributed by atoms with E-state index in [2.05, 4.69) is 5.32 Å². The van der Waals surface area contributed by atoms with E-state index in [0.717, 1.165) is 0 Å². The molecule has 0 radical (unpaired) electrons. The minimum absolute atomic E-state index is 0.0258. The molecule has 2 aromatic rings. The molecule has 1 aliphatic rings. The molecule has 1 fully saturated rings. The molecular weight excluding hydrogens is 439 g/mol. The van der Waals surface area contributed by atoms with Crippen LogP contribution in [0.5, 0.6) is 11.5 Å². The summed E-state index contributed by atoms with van der Waals surface area (Å²) in [7, 11) is -3.56. The van der Waals surface area contributed by atoms with Gasteiger partial charge in [-0.25, -0.2) is 12.8 Å². The van der Waals surface area contributed by atoms with E-state index in [-0.39, 0.29) is 29.7 Å². The van der Waals surface area contributed by atoms with Crippen LogP contribution in [0.1, 0.15) is 13.3 Å². The Bertz CT molecular complexity index is 994. The summed E-state index contributed by atoms with van der Waals surface area (Å²) in [5, 5.41) is 2.70. The maximum Gasteiger partial charge on any atom is 0.261 e. The van der Waals surface area contributed by atoms with Gasteiger partial charge in [-0.2, -0.15) is 4.31 Å². The second-order valence-electron chi connectivity index (χ2n) is 7.07. The monoisotopic (exact) mass is 466 g/mol. The molecule has 1 heterocycles. The standard InChI is InChI=1S/C22H27FN2O6S/c1-2-20(31-21-6-4-3-5-19(21)23)22(26)24-11-14-30-17-7-9-18(10-8-17)32(27,28)25-12-15-29-16-13-25/h3-10,20H,2,11-16H2,1H3,(H,24,26)/t20-/m0/s1. The topological polar surface area (TPSA) is 94.2 Å². The van der Waals surface area contributed by atoms with E-state index in [1.54, 1.807) is 31.2 Å². The number of rotatable bonds is 10. The lowest BCUT2D eigenvalue weighted by molar-refractivity contribution is -0.128. The predicted octanol–water partition coefficient (Wildman–Crippen LogP) is 2.20. The van der Waals surface area contributed by atoms with E-state index < -0.39 is 21.9 Å². The third-order valence-corrected chi connectivity index (χ3v) is 6.78. The fourth-order valence-corrected chi connectivity index (χ4v) is 4.52. The van der Waals surface area contributed by atoms with E-state index in [1.807, 2.05) is 0 Å². The lowest BCUT2D eigenvalue weighted by Gasteiger charge is -2.26. The van der Waals surface area contributed by atoms with Gasteiger partial charge in [0.25, 0.3) is 5.91 Å². The van der Waals surface area contributed by atoms with Crippen LogP contribution in [-0.4, -0.2) is 64.2 Å². The van der Waals surface area contributed by atoms with Crippen molar-refractivity contribution >= 4 is 15.9 Å². The molecule has 0 bridgehead atoms. The summed E-state index contributed by atoms with van der Waals surface area (Å²) in [6.07, 6.45) is -0.448. The minimum atomic E-state index is -3.56. The highest BCUT2D eigenvalue weighted by Gasteiger charge is 2.26. The lowest BCUT2D eigenvalue weighted by Crippen LogP contribution is -2.40. The predicted molar refractivity (Wildman–Crippen MR) is 116 cm³/mol. The van der Waals surface area contributed by atoms with Gasteiger partial charge in [0.05, 0.1) is 24.7 Å². The van der Waals surface area contributed by atoms with Gasteiger partial charge in [-0.1, -0.05) is 19.1 Å². The number of morpholine rings is 1. The summed E-state index contributed by atoms with van der Waals surface area (Å²) >= 11 is 0. The summed E-state index contributed by atoms with van der Waals surface area (Å²) in [5.41, 5.74) is 0. The number of benzene rings is 2. The fourth-order valence-electron chi connectivity index (χ4n) is 3.12. The molecule has 0 spiro atoms. The number of hydrogen-bond donors (Lipinski definition) is 1. The van der Waals surface area contributed by atoms with E-state index >= 15 is 0 Å². The molecular formula is C22H27FN2O6S. The smallest absolute Gasteiger partial charge is 0.261 e. The van der Waals surface area contributed by atoms with Crippen molar-refractivity contribution in [3.05, 3.63) is 54.3 Å². The van der Waals surface area contributed by atoms with Gasteiger partial charge in [0.1, 0.15) is 12.4 Å². The molecule has 32 heavy (non-hydrogen) atoms. The van der Waals surface area contributed by atoms with Crippen LogP contribution >= 0.6 is 0 Å². The molecule has 2 aromatic carbocycles. The Kier molecular flexibility index (Phi) is 8.43. The Morgan fingerprint density at radius 2 is 1.84 bits per heavy atom. The van der Waals surface area contributed by atoms with Gasteiger partial charge in [-0.15, -0.1) is 0 Å². The average molecular weight is 467 g/mol. The number of nitrogens with zero attached hydrogens (tertiary/aromatic N) is 1. The van der Waals surface area contributed by atoms with E-state index in [4.69, 9.17) is 14.2 Å². The Balaban J connectivity index is 1.45.